The lowest BCUT2D eigenvalue weighted by atomic mass is 9.85. The van der Waals surface area contributed by atoms with Gasteiger partial charge in [0.2, 0.25) is 0 Å². The van der Waals surface area contributed by atoms with Crippen molar-refractivity contribution in [3.63, 3.8) is 0 Å². The fourth-order valence-electron chi connectivity index (χ4n) is 2.63. The number of carbonyl (C=O) groups excluding carboxylic acids is 4. The van der Waals surface area contributed by atoms with Crippen molar-refractivity contribution in [2.24, 2.45) is 27.6 Å². The summed E-state index contributed by atoms with van der Waals surface area (Å²) in [7, 11) is 3.96. The molecule has 0 unspecified atom stereocenters. The van der Waals surface area contributed by atoms with E-state index in [1.807, 2.05) is 130 Å². The predicted octanol–water partition coefficient (Wildman–Crippen LogP) is 9.11. The Balaban J connectivity index is -0.0000000890. The van der Waals surface area contributed by atoms with Gasteiger partial charge in [0, 0.05) is 53.4 Å². The third-order valence-corrected chi connectivity index (χ3v) is 5.20. The molecule has 0 radical (unpaired) electrons. The highest BCUT2D eigenvalue weighted by Gasteiger charge is 2.23. The van der Waals surface area contributed by atoms with Gasteiger partial charge in [0.05, 0.1) is 0 Å². The van der Waals surface area contributed by atoms with E-state index in [4.69, 9.17) is 0 Å². The largest absolute Gasteiger partial charge is 0.309 e. The second kappa shape index (κ2) is 21.5. The summed E-state index contributed by atoms with van der Waals surface area (Å²) in [5.74, 6) is 1.51. The van der Waals surface area contributed by atoms with E-state index in [2.05, 4.69) is 0 Å². The van der Waals surface area contributed by atoms with E-state index in [1.54, 1.807) is 0 Å². The lowest BCUT2D eigenvalue weighted by Gasteiger charge is -2.18. The lowest BCUT2D eigenvalue weighted by Crippen LogP contribution is -2.25. The Morgan fingerprint density at radius 3 is 0.895 bits per heavy atom. The monoisotopic (exact) mass is 546 g/mol. The second-order valence-electron chi connectivity index (χ2n) is 14.0. The van der Waals surface area contributed by atoms with E-state index in [1.165, 1.54) is 0 Å². The van der Waals surface area contributed by atoms with Crippen LogP contribution in [0.1, 0.15) is 145 Å². The molecule has 0 N–H and O–H groups in total. The molecule has 0 saturated carbocycles. The number of Topliss-reactive ketones (excluding diaryl/α,β-unsaturated/α-hetero) is 4. The normalized spacial score (nSPS) is 11.3. The van der Waals surface area contributed by atoms with Crippen LogP contribution in [-0.4, -0.2) is 48.7 Å². The Morgan fingerprint density at radius 1 is 0.553 bits per heavy atom. The Bertz CT molecular complexity index is 620. The minimum atomic E-state index is -0.171. The highest BCUT2D eigenvalue weighted by molar-refractivity contribution is 5.85. The molecule has 38 heavy (non-hydrogen) atoms. The highest BCUT2D eigenvalue weighted by atomic mass is 16.1. The van der Waals surface area contributed by atoms with Crippen LogP contribution in [-0.2, 0) is 19.2 Å². The van der Waals surface area contributed by atoms with Crippen LogP contribution in [0.4, 0.5) is 0 Å². The van der Waals surface area contributed by atoms with E-state index in [-0.39, 0.29) is 42.4 Å². The quantitative estimate of drug-likeness (QED) is 0.333. The molecule has 5 heteroatoms. The van der Waals surface area contributed by atoms with Crippen LogP contribution in [0.15, 0.2) is 0 Å². The molecular weight excluding hydrogens is 474 g/mol. The zero-order chi connectivity index (χ0) is 30.3. The standard InChI is InChI=1S/C9H19NO.C8H16O.2C7H14O.2CH4/c1-9(2,3)8(11)6-7-10(4)5;1-6(2)7(9)8(3,4)5;2*1-5-6(8)7(2,3)4;;/h6-7H2,1-5H3;6H,1-5H3;2*5H2,1-4H3;2*1H4. The summed E-state index contributed by atoms with van der Waals surface area (Å²) in [4.78, 5) is 46.2. The zero-order valence-corrected chi connectivity index (χ0v) is 27.5. The van der Waals surface area contributed by atoms with Crippen molar-refractivity contribution in [1.82, 2.24) is 4.90 Å². The van der Waals surface area contributed by atoms with Gasteiger partial charge in [0.15, 0.2) is 0 Å². The third kappa shape index (κ3) is 30.9. The van der Waals surface area contributed by atoms with Crippen molar-refractivity contribution in [3.8, 4) is 0 Å². The fourth-order valence-corrected chi connectivity index (χ4v) is 2.63. The third-order valence-electron chi connectivity index (χ3n) is 5.20. The van der Waals surface area contributed by atoms with Gasteiger partial charge >= 0.3 is 0 Å². The van der Waals surface area contributed by atoms with Crippen LogP contribution in [0.3, 0.4) is 0 Å². The molecule has 5 nitrogen and oxygen atoms in total. The van der Waals surface area contributed by atoms with Gasteiger partial charge in [-0.05, 0) is 14.1 Å². The molecule has 0 saturated heterocycles. The Kier molecular flexibility index (Phi) is 28.0. The minimum absolute atomic E-state index is 0. The molecule has 0 fully saturated rings. The highest BCUT2D eigenvalue weighted by Crippen LogP contribution is 2.19. The number of ketones is 4. The van der Waals surface area contributed by atoms with Crippen LogP contribution in [0.25, 0.3) is 0 Å². The summed E-state index contributed by atoms with van der Waals surface area (Å²) < 4.78 is 0. The van der Waals surface area contributed by atoms with Gasteiger partial charge in [-0.1, -0.05) is 126 Å². The van der Waals surface area contributed by atoms with E-state index >= 15 is 0 Å². The summed E-state index contributed by atoms with van der Waals surface area (Å²) in [6, 6.07) is 0. The molecule has 232 valence electrons. The van der Waals surface area contributed by atoms with Crippen molar-refractivity contribution in [3.05, 3.63) is 0 Å². The van der Waals surface area contributed by atoms with Crippen LogP contribution in [0.5, 0.6) is 0 Å². The van der Waals surface area contributed by atoms with Gasteiger partial charge in [0.25, 0.3) is 0 Å². The molecule has 0 rings (SSSR count). The molecule has 0 bridgehead atoms. The molecule has 0 aromatic rings. The van der Waals surface area contributed by atoms with E-state index in [9.17, 15) is 19.2 Å². The first-order valence-corrected chi connectivity index (χ1v) is 13.4. The van der Waals surface area contributed by atoms with Gasteiger partial charge in [-0.2, -0.15) is 0 Å². The zero-order valence-electron chi connectivity index (χ0n) is 27.5. The van der Waals surface area contributed by atoms with E-state index < -0.39 is 0 Å². The van der Waals surface area contributed by atoms with Gasteiger partial charge in [-0.15, -0.1) is 0 Å². The maximum atomic E-state index is 11.3. The maximum absolute atomic E-state index is 11.3. The average Bonchev–Trinajstić information content (AvgIpc) is 2.68. The fraction of sp³-hybridized carbons (Fsp3) is 0.879. The molecule has 0 heterocycles. The number of nitrogens with zero attached hydrogens (tertiary/aromatic N) is 1. The van der Waals surface area contributed by atoms with Crippen LogP contribution >= 0.6 is 0 Å². The summed E-state index contributed by atoms with van der Waals surface area (Å²) in [6.07, 6.45) is 1.98. The number of carbonyl (C=O) groups is 4. The molecule has 0 aliphatic heterocycles. The minimum Gasteiger partial charge on any atom is -0.309 e. The molecule has 0 aliphatic carbocycles. The molecular formula is C33H71NO4. The topological polar surface area (TPSA) is 71.5 Å². The summed E-state index contributed by atoms with van der Waals surface area (Å²) in [5, 5.41) is 0. The molecule has 0 aromatic heterocycles. The van der Waals surface area contributed by atoms with Gasteiger partial charge in [-0.3, -0.25) is 19.2 Å². The summed E-state index contributed by atoms with van der Waals surface area (Å²) in [6.45, 7) is 31.9. The first-order valence-electron chi connectivity index (χ1n) is 13.4. The molecule has 0 spiro atoms. The molecule has 0 atom stereocenters. The number of hydrogen-bond donors (Lipinski definition) is 0. The van der Waals surface area contributed by atoms with Crippen molar-refractivity contribution in [2.45, 2.75) is 145 Å². The average molecular weight is 546 g/mol. The second-order valence-corrected chi connectivity index (χ2v) is 14.0. The van der Waals surface area contributed by atoms with Crippen molar-refractivity contribution >= 4 is 23.1 Å². The van der Waals surface area contributed by atoms with Crippen LogP contribution < -0.4 is 0 Å². The van der Waals surface area contributed by atoms with Gasteiger partial charge in [-0.25, -0.2) is 0 Å². The molecule has 0 aliphatic rings. The van der Waals surface area contributed by atoms with Gasteiger partial charge < -0.3 is 4.90 Å². The maximum Gasteiger partial charge on any atom is 0.140 e. The molecule has 0 amide bonds. The van der Waals surface area contributed by atoms with Crippen LogP contribution in [0, 0.1) is 27.6 Å². The molecule has 0 aromatic carbocycles. The van der Waals surface area contributed by atoms with Crippen LogP contribution in [0.2, 0.25) is 0 Å². The number of hydrogen-bond acceptors (Lipinski definition) is 5. The first kappa shape index (κ1) is 49.6. The lowest BCUT2D eigenvalue weighted by molar-refractivity contribution is -0.129. The van der Waals surface area contributed by atoms with E-state index in [0.717, 1.165) is 6.54 Å². The van der Waals surface area contributed by atoms with Crippen molar-refractivity contribution in [2.75, 3.05) is 20.6 Å². The summed E-state index contributed by atoms with van der Waals surface area (Å²) in [5.41, 5.74) is -0.590. The number of rotatable bonds is 6. The predicted molar refractivity (Wildman–Crippen MR) is 170 cm³/mol. The first-order chi connectivity index (χ1) is 15.7. The Hall–Kier alpha value is -1.36. The smallest absolute Gasteiger partial charge is 0.140 e. The van der Waals surface area contributed by atoms with Gasteiger partial charge in [0.1, 0.15) is 23.1 Å². The summed E-state index contributed by atoms with van der Waals surface area (Å²) >= 11 is 0. The van der Waals surface area contributed by atoms with E-state index in [0.29, 0.717) is 42.4 Å². The van der Waals surface area contributed by atoms with Crippen molar-refractivity contribution in [1.29, 1.82) is 0 Å². The Labute approximate surface area is 240 Å². The Morgan fingerprint density at radius 2 is 0.816 bits per heavy atom. The van der Waals surface area contributed by atoms with Crippen molar-refractivity contribution < 1.29 is 19.2 Å². The SMILES string of the molecule is C.C.CC(C)C(=O)C(C)(C)C.CCC(=O)C(C)(C)C.CCC(=O)C(C)(C)C.CN(C)CCC(=O)C(C)(C)C.